The average molecular weight is 294 g/mol. The Morgan fingerprint density at radius 1 is 1.29 bits per heavy atom. The zero-order chi connectivity index (χ0) is 12.1. The number of benzene rings is 1. The number of rotatable bonds is 3. The van der Waals surface area contributed by atoms with Crippen LogP contribution in [0.4, 0.5) is 10.5 Å². The molecule has 1 heterocycles. The minimum absolute atomic E-state index is 0.220. The summed E-state index contributed by atoms with van der Waals surface area (Å²) in [5.74, 6) is 0. The Morgan fingerprint density at radius 2 is 2.12 bits per heavy atom. The first-order valence-corrected chi connectivity index (χ1v) is 6.38. The number of fused-ring (bicyclic) bond motifs is 1. The predicted octanol–water partition coefficient (Wildman–Crippen LogP) is 2.75. The fourth-order valence-electron chi connectivity index (χ4n) is 1.53. The average Bonchev–Trinajstić information content (AvgIpc) is 2.37. The quantitative estimate of drug-likeness (QED) is 0.855. The Balaban J connectivity index is 2.21. The molecule has 0 spiro atoms. The molecule has 2 rings (SSSR count). The molecule has 88 valence electrons. The lowest BCUT2D eigenvalue weighted by Crippen LogP contribution is -2.30. The van der Waals surface area contributed by atoms with Crippen LogP contribution in [0.15, 0.2) is 36.5 Å². The van der Waals surface area contributed by atoms with Crippen molar-refractivity contribution in [2.24, 2.45) is 0 Å². The van der Waals surface area contributed by atoms with Gasteiger partial charge >= 0.3 is 6.03 Å². The standard InChI is InChI=1S/C12H12BrN3O/c13-6-8-15-12(17)16-10-5-1-3-9-4-2-7-14-11(9)10/h1-5,7H,6,8H2,(H2,15,16,17). The lowest BCUT2D eigenvalue weighted by Gasteiger charge is -2.08. The number of nitrogens with one attached hydrogen (secondary N) is 2. The highest BCUT2D eigenvalue weighted by Gasteiger charge is 2.04. The molecular formula is C12H12BrN3O. The van der Waals surface area contributed by atoms with Gasteiger partial charge in [0.2, 0.25) is 0 Å². The van der Waals surface area contributed by atoms with Gasteiger partial charge in [0.05, 0.1) is 11.2 Å². The number of nitrogens with zero attached hydrogens (tertiary/aromatic N) is 1. The fourth-order valence-corrected chi connectivity index (χ4v) is 1.73. The van der Waals surface area contributed by atoms with E-state index in [-0.39, 0.29) is 6.03 Å². The maximum absolute atomic E-state index is 11.5. The number of alkyl halides is 1. The minimum Gasteiger partial charge on any atom is -0.337 e. The van der Waals surface area contributed by atoms with Gasteiger partial charge in [-0.2, -0.15) is 0 Å². The highest BCUT2D eigenvalue weighted by molar-refractivity contribution is 9.09. The van der Waals surface area contributed by atoms with E-state index in [1.54, 1.807) is 6.20 Å². The lowest BCUT2D eigenvalue weighted by atomic mass is 10.2. The zero-order valence-electron chi connectivity index (χ0n) is 9.11. The highest BCUT2D eigenvalue weighted by atomic mass is 79.9. The van der Waals surface area contributed by atoms with Gasteiger partial charge in [-0.3, -0.25) is 4.98 Å². The molecule has 2 aromatic rings. The lowest BCUT2D eigenvalue weighted by molar-refractivity contribution is 0.252. The first kappa shape index (κ1) is 11.9. The number of anilines is 1. The van der Waals surface area contributed by atoms with Crippen LogP contribution in [0.5, 0.6) is 0 Å². The molecule has 0 saturated heterocycles. The van der Waals surface area contributed by atoms with E-state index in [4.69, 9.17) is 0 Å². The Labute approximate surface area is 108 Å². The summed E-state index contributed by atoms with van der Waals surface area (Å²) in [4.78, 5) is 15.8. The normalized spacial score (nSPS) is 10.2. The third-order valence-corrected chi connectivity index (χ3v) is 2.66. The second-order valence-electron chi connectivity index (χ2n) is 3.45. The molecular weight excluding hydrogens is 282 g/mol. The second kappa shape index (κ2) is 5.63. The van der Waals surface area contributed by atoms with Crippen LogP contribution in [0.25, 0.3) is 10.9 Å². The summed E-state index contributed by atoms with van der Waals surface area (Å²) >= 11 is 3.25. The van der Waals surface area contributed by atoms with Gasteiger partial charge in [0, 0.05) is 23.5 Å². The maximum Gasteiger partial charge on any atom is 0.319 e. The SMILES string of the molecule is O=C(NCCBr)Nc1cccc2cccnc12. The van der Waals surface area contributed by atoms with Crippen LogP contribution < -0.4 is 10.6 Å². The summed E-state index contributed by atoms with van der Waals surface area (Å²) in [7, 11) is 0. The van der Waals surface area contributed by atoms with Crippen LogP contribution in [0.1, 0.15) is 0 Å². The Bertz CT molecular complexity index is 525. The van der Waals surface area contributed by atoms with Crippen LogP contribution in [0.2, 0.25) is 0 Å². The molecule has 1 aromatic carbocycles. The van der Waals surface area contributed by atoms with Crippen molar-refractivity contribution < 1.29 is 4.79 Å². The molecule has 0 aliphatic heterocycles. The largest absolute Gasteiger partial charge is 0.337 e. The number of pyridine rings is 1. The third-order valence-electron chi connectivity index (χ3n) is 2.26. The van der Waals surface area contributed by atoms with Gasteiger partial charge in [0.1, 0.15) is 0 Å². The van der Waals surface area contributed by atoms with Crippen LogP contribution in [-0.2, 0) is 0 Å². The number of hydrogen-bond donors (Lipinski definition) is 2. The molecule has 4 nitrogen and oxygen atoms in total. The third kappa shape index (κ3) is 2.94. The minimum atomic E-state index is -0.220. The Morgan fingerprint density at radius 3 is 2.94 bits per heavy atom. The van der Waals surface area contributed by atoms with Crippen LogP contribution >= 0.6 is 15.9 Å². The highest BCUT2D eigenvalue weighted by Crippen LogP contribution is 2.20. The van der Waals surface area contributed by atoms with Crippen molar-refractivity contribution in [1.82, 2.24) is 10.3 Å². The van der Waals surface area contributed by atoms with Crippen LogP contribution in [-0.4, -0.2) is 22.9 Å². The van der Waals surface area contributed by atoms with E-state index in [9.17, 15) is 4.79 Å². The van der Waals surface area contributed by atoms with E-state index in [0.29, 0.717) is 6.54 Å². The van der Waals surface area contributed by atoms with Crippen LogP contribution in [0.3, 0.4) is 0 Å². The summed E-state index contributed by atoms with van der Waals surface area (Å²) in [6, 6.07) is 9.31. The van der Waals surface area contributed by atoms with Gasteiger partial charge in [-0.05, 0) is 12.1 Å². The molecule has 0 atom stereocenters. The molecule has 0 bridgehead atoms. The molecule has 1 aromatic heterocycles. The van der Waals surface area contributed by atoms with Crippen molar-refractivity contribution in [3.8, 4) is 0 Å². The van der Waals surface area contributed by atoms with Gasteiger partial charge in [-0.15, -0.1) is 0 Å². The molecule has 0 fully saturated rings. The number of halogens is 1. The molecule has 0 unspecified atom stereocenters. The first-order valence-electron chi connectivity index (χ1n) is 5.26. The number of hydrogen-bond acceptors (Lipinski definition) is 2. The van der Waals surface area contributed by atoms with Crippen LogP contribution in [0, 0.1) is 0 Å². The number of para-hydroxylation sites is 1. The van der Waals surface area contributed by atoms with Crippen molar-refractivity contribution in [3.05, 3.63) is 36.5 Å². The second-order valence-corrected chi connectivity index (χ2v) is 4.24. The van der Waals surface area contributed by atoms with Crippen molar-refractivity contribution in [1.29, 1.82) is 0 Å². The van der Waals surface area contributed by atoms with Crippen molar-refractivity contribution >= 4 is 38.6 Å². The summed E-state index contributed by atoms with van der Waals surface area (Å²) in [5.41, 5.74) is 1.51. The summed E-state index contributed by atoms with van der Waals surface area (Å²) in [6.45, 7) is 0.587. The summed E-state index contributed by atoms with van der Waals surface area (Å²) < 4.78 is 0. The van der Waals surface area contributed by atoms with E-state index >= 15 is 0 Å². The number of urea groups is 1. The Kier molecular flexibility index (Phi) is 3.93. The van der Waals surface area contributed by atoms with Crippen molar-refractivity contribution in [3.63, 3.8) is 0 Å². The van der Waals surface area contributed by atoms with E-state index in [2.05, 4.69) is 31.5 Å². The molecule has 0 radical (unpaired) electrons. The molecule has 0 saturated carbocycles. The van der Waals surface area contributed by atoms with E-state index < -0.39 is 0 Å². The van der Waals surface area contributed by atoms with E-state index in [1.807, 2.05) is 30.3 Å². The van der Waals surface area contributed by atoms with Crippen molar-refractivity contribution in [2.45, 2.75) is 0 Å². The molecule has 2 amide bonds. The van der Waals surface area contributed by atoms with Gasteiger partial charge < -0.3 is 10.6 Å². The van der Waals surface area contributed by atoms with E-state index in [0.717, 1.165) is 21.9 Å². The molecule has 0 aliphatic carbocycles. The number of carbonyl (C=O) groups is 1. The van der Waals surface area contributed by atoms with Gasteiger partial charge in [-0.1, -0.05) is 34.1 Å². The summed E-state index contributed by atoms with van der Waals surface area (Å²) in [5, 5.41) is 7.24. The topological polar surface area (TPSA) is 54.0 Å². The predicted molar refractivity (Wildman–Crippen MR) is 72.6 cm³/mol. The zero-order valence-corrected chi connectivity index (χ0v) is 10.7. The number of carbonyl (C=O) groups excluding carboxylic acids is 1. The molecule has 0 aliphatic rings. The number of amides is 2. The fraction of sp³-hybridized carbons (Fsp3) is 0.167. The van der Waals surface area contributed by atoms with Gasteiger partial charge in [0.15, 0.2) is 0 Å². The molecule has 5 heteroatoms. The van der Waals surface area contributed by atoms with E-state index in [1.165, 1.54) is 0 Å². The number of aromatic nitrogens is 1. The summed E-state index contributed by atoms with van der Waals surface area (Å²) in [6.07, 6.45) is 1.71. The maximum atomic E-state index is 11.5. The Hall–Kier alpha value is -1.62. The van der Waals surface area contributed by atoms with Crippen molar-refractivity contribution in [2.75, 3.05) is 17.2 Å². The smallest absolute Gasteiger partial charge is 0.319 e. The molecule has 17 heavy (non-hydrogen) atoms. The first-order chi connectivity index (χ1) is 8.31. The monoisotopic (exact) mass is 293 g/mol. The molecule has 2 N–H and O–H groups in total. The van der Waals surface area contributed by atoms with Gasteiger partial charge in [-0.25, -0.2) is 4.79 Å². The van der Waals surface area contributed by atoms with Gasteiger partial charge in [0.25, 0.3) is 0 Å².